The van der Waals surface area contributed by atoms with Crippen LogP contribution in [0.1, 0.15) is 69.6 Å². The van der Waals surface area contributed by atoms with Crippen LogP contribution in [-0.4, -0.2) is 214 Å². The molecule has 104 heavy (non-hydrogen) atoms. The van der Waals surface area contributed by atoms with Crippen LogP contribution in [0.3, 0.4) is 0 Å². The van der Waals surface area contributed by atoms with Gasteiger partial charge in [0.1, 0.15) is 83.0 Å². The quantitative estimate of drug-likeness (QED) is 0.0148. The Balaban J connectivity index is 0.000000525. The van der Waals surface area contributed by atoms with E-state index in [1.54, 1.807) is 0 Å². The molecule has 18 N–H and O–H groups in total. The first-order chi connectivity index (χ1) is 46.8. The molecular weight excluding hydrogens is 1610 g/mol. The van der Waals surface area contributed by atoms with E-state index in [4.69, 9.17) is 17.2 Å². The third-order valence-electron chi connectivity index (χ3n) is 14.0. The number of benzene rings is 6. The van der Waals surface area contributed by atoms with Gasteiger partial charge in [0.15, 0.2) is 0 Å². The molecule has 0 bridgehead atoms. The zero-order valence-corrected chi connectivity index (χ0v) is 58.6. The van der Waals surface area contributed by atoms with Crippen LogP contribution in [-0.2, 0) is 124 Å². The van der Waals surface area contributed by atoms with Gasteiger partial charge in [-0.05, 0) is 109 Å². The molecule has 0 aliphatic rings. The number of phenolic OH excluding ortho intramolecular Hbond substituents is 6. The van der Waals surface area contributed by atoms with Crippen molar-refractivity contribution in [1.82, 2.24) is 14.7 Å². The minimum Gasteiger partial charge on any atom is -0.744 e. The molecule has 0 aliphatic heterocycles. The van der Waals surface area contributed by atoms with Gasteiger partial charge in [-0.1, -0.05) is 0 Å². The van der Waals surface area contributed by atoms with E-state index >= 15 is 0 Å². The van der Waals surface area contributed by atoms with E-state index in [9.17, 15) is 168 Å². The molecule has 6 rings (SSSR count). The Kier molecular flexibility index (Phi) is 31.8. The van der Waals surface area contributed by atoms with Crippen molar-refractivity contribution in [1.29, 1.82) is 0 Å². The van der Waals surface area contributed by atoms with Crippen LogP contribution in [0, 0.1) is 0 Å². The molecule has 6 unspecified atom stereocenters. The Bertz CT molecular complexity index is 4180. The molecule has 50 heteroatoms. The number of aromatic hydroxyl groups is 6. The Morgan fingerprint density at radius 3 is 0.606 bits per heavy atom. The van der Waals surface area contributed by atoms with Crippen LogP contribution >= 0.6 is 0 Å². The summed E-state index contributed by atoms with van der Waals surface area (Å²) in [4.78, 5) is 69.1. The van der Waals surface area contributed by atoms with Crippen LogP contribution in [0.15, 0.2) is 139 Å². The van der Waals surface area contributed by atoms with Gasteiger partial charge in [-0.2, -0.15) is 25.3 Å². The van der Waals surface area contributed by atoms with Crippen molar-refractivity contribution in [2.45, 2.75) is 65.6 Å². The van der Waals surface area contributed by atoms with Crippen LogP contribution in [0.5, 0.6) is 34.5 Å². The minimum absolute atomic E-state index is 0. The summed E-state index contributed by atoms with van der Waals surface area (Å²) in [7, 11) is -30.0. The van der Waals surface area contributed by atoms with Gasteiger partial charge in [-0.15, -0.1) is 0 Å². The van der Waals surface area contributed by atoms with Crippen LogP contribution < -0.4 is 32.5 Å². The molecule has 0 spiro atoms. The van der Waals surface area contributed by atoms with Crippen molar-refractivity contribution < 1.29 is 202 Å². The molecule has 6 atom stereocenters. The van der Waals surface area contributed by atoms with E-state index in [1.807, 2.05) is 0 Å². The second kappa shape index (κ2) is 36.3. The van der Waals surface area contributed by atoms with Crippen molar-refractivity contribution in [3.05, 3.63) is 143 Å². The second-order valence-corrected chi connectivity index (χ2v) is 29.0. The number of hydrogen-bond donors (Lipinski definition) is 15. The molecule has 6 aromatic carbocycles. The number of nitrogens with zero attached hydrogens (tertiary/aromatic N) is 3. The normalized spacial score (nSPS) is 13.7. The first-order valence-corrected chi connectivity index (χ1v) is 35.8. The fourth-order valence-electron chi connectivity index (χ4n) is 9.81. The third kappa shape index (κ3) is 22.9. The number of hydrogen-bond acceptors (Lipinski definition) is 36. The maximum Gasteiger partial charge on any atom is 3.00 e. The first kappa shape index (κ1) is 91.3. The van der Waals surface area contributed by atoms with Gasteiger partial charge in [0, 0.05) is 72.6 Å². The van der Waals surface area contributed by atoms with Gasteiger partial charge in [-0.3, -0.25) is 42.7 Å². The summed E-state index contributed by atoms with van der Waals surface area (Å²) in [6, 6.07) is -1.33. The number of aliphatic carboxylic acids is 6. The zero-order valence-electron chi connectivity index (χ0n) is 51.5. The summed E-state index contributed by atoms with van der Waals surface area (Å²) in [6.45, 7) is -2.98. The number of carbonyl (C=O) groups is 6. The van der Waals surface area contributed by atoms with Crippen molar-refractivity contribution in [3.8, 4) is 34.5 Å². The van der Waals surface area contributed by atoms with Crippen molar-refractivity contribution in [2.75, 3.05) is 39.3 Å². The van der Waals surface area contributed by atoms with E-state index in [2.05, 4.69) is 0 Å². The van der Waals surface area contributed by atoms with Crippen molar-refractivity contribution >= 4 is 96.5 Å². The van der Waals surface area contributed by atoms with E-state index in [1.165, 1.54) is 0 Å². The predicted octanol–water partition coefficient (Wildman–Crippen LogP) is -5.63. The summed E-state index contributed by atoms with van der Waals surface area (Å²) < 4.78 is 199. The van der Waals surface area contributed by atoms with E-state index < -0.39 is 269 Å². The Morgan fingerprint density at radius 2 is 0.471 bits per heavy atom. The number of rotatable bonds is 30. The summed E-state index contributed by atoms with van der Waals surface area (Å²) in [6.07, 6.45) is 0. The third-order valence-corrected chi connectivity index (χ3v) is 19.1. The van der Waals surface area contributed by atoms with E-state index in [-0.39, 0.29) is 34.1 Å². The molecule has 0 amide bonds. The number of carboxylic acid groups (broad SMARTS) is 6. The SMILES string of the molecule is NCCN(C(C(=O)[O-])c1cc(S(=O)(=O)[O-])ccc1O)C(C(=O)O)c1cc(S(=O)(=O)O)ccc1O.NCCN(C(C(=O)[O-])c1cc(S(=O)(=O)[O-])ccc1O)C(C(=O)O)c1cc(S(=O)(=O)O)ccc1O.NCCN(C(C(=O)[O-])c1cc(S(=O)(=O)[O-])ccc1O)C(C(=O)O)c1cc(S(=O)(=O)O)ccc1O.[Fe+3].[Fe+3]. The average Bonchev–Trinajstić information content (AvgIpc) is 0.781. The zero-order chi connectivity index (χ0) is 78.0. The molecular formula is C54H54Fe2N6O36S6. The number of carboxylic acids is 6. The molecule has 42 nitrogen and oxygen atoms in total. The molecule has 568 valence electrons. The largest absolute Gasteiger partial charge is 3.00 e. The predicted molar refractivity (Wildman–Crippen MR) is 324 cm³/mol. The van der Waals surface area contributed by atoms with Gasteiger partial charge in [0.25, 0.3) is 30.4 Å². The molecule has 0 saturated heterocycles. The Morgan fingerprint density at radius 1 is 0.317 bits per heavy atom. The van der Waals surface area contributed by atoms with E-state index in [0.717, 1.165) is 36.4 Å². The number of carbonyl (C=O) groups excluding carboxylic acids is 3. The number of nitrogens with two attached hydrogens (primary N) is 3. The molecule has 6 aromatic rings. The molecule has 0 aliphatic carbocycles. The standard InChI is InChI=1S/3C18H20N2O12S2.2Fe/c3*19-5-6-20(15(17(23)24)11-7-9(33(27,28)29)1-3-13(11)21)16(18(25)26)12-8-10(34(30,31)32)2-4-14(12)22;;/h3*1-4,7-8,15-16,21-22H,5-6,19H2,(H,23,24)(H,25,26)(H,27,28,29)(H,30,31,32);;/q;;;2*+3/p-6. The van der Waals surface area contributed by atoms with Gasteiger partial charge >= 0.3 is 52.0 Å². The smallest absolute Gasteiger partial charge is 0.744 e. The maximum atomic E-state index is 12.2. The van der Waals surface area contributed by atoms with E-state index in [0.29, 0.717) is 87.5 Å². The molecule has 0 aromatic heterocycles. The topological polar surface area (TPSA) is 776 Å². The first-order valence-electron chi connectivity index (χ1n) is 27.2. The van der Waals surface area contributed by atoms with Crippen LogP contribution in [0.25, 0.3) is 0 Å². The summed E-state index contributed by atoms with van der Waals surface area (Å²) >= 11 is 0. The second-order valence-electron chi connectivity index (χ2n) is 20.6. The summed E-state index contributed by atoms with van der Waals surface area (Å²) in [5.41, 5.74) is 12.1. The van der Waals surface area contributed by atoms with Crippen molar-refractivity contribution in [2.24, 2.45) is 17.2 Å². The minimum atomic E-state index is -5.13. The van der Waals surface area contributed by atoms with Crippen molar-refractivity contribution in [3.63, 3.8) is 0 Å². The maximum absolute atomic E-state index is 12.2. The number of phenols is 6. The monoisotopic (exact) mass is 1670 g/mol. The van der Waals surface area contributed by atoms with Gasteiger partial charge in [0.2, 0.25) is 0 Å². The Hall–Kier alpha value is -8.80. The molecule has 0 saturated carbocycles. The van der Waals surface area contributed by atoms with Crippen LogP contribution in [0.4, 0.5) is 0 Å². The molecule has 2 radical (unpaired) electrons. The van der Waals surface area contributed by atoms with Gasteiger partial charge < -0.3 is 107 Å². The molecule has 0 heterocycles. The van der Waals surface area contributed by atoms with Gasteiger partial charge in [0.05, 0.1) is 65.4 Å². The fourth-order valence-corrected chi connectivity index (χ4v) is 12.9. The Labute approximate surface area is 608 Å². The fraction of sp³-hybridized carbons (Fsp3) is 0.222. The van der Waals surface area contributed by atoms with Gasteiger partial charge in [-0.25, -0.2) is 25.3 Å². The molecule has 0 fully saturated rings. The average molecular weight is 1670 g/mol. The summed E-state index contributed by atoms with van der Waals surface area (Å²) in [5.74, 6) is -16.6. The summed E-state index contributed by atoms with van der Waals surface area (Å²) in [5, 5.41) is 127. The van der Waals surface area contributed by atoms with Crippen LogP contribution in [0.2, 0.25) is 0 Å².